The molecule has 1 fully saturated rings. The van der Waals surface area contributed by atoms with Crippen LogP contribution >= 0.6 is 0 Å². The number of aliphatic hydroxyl groups is 1. The van der Waals surface area contributed by atoms with Crippen molar-refractivity contribution in [1.29, 1.82) is 0 Å². The number of hydrogen-bond acceptors (Lipinski definition) is 10. The first-order chi connectivity index (χ1) is 15.8. The van der Waals surface area contributed by atoms with E-state index in [-0.39, 0.29) is 75.8 Å². The third-order valence-corrected chi connectivity index (χ3v) is 4.50. The SMILES string of the molecule is O=C(CCOCCOCCC(=O)ON1C(=O)CCC1=O)NCc1ccc(CO)c([N+](=O)[O-])c1. The minimum atomic E-state index is -0.757. The van der Waals surface area contributed by atoms with Gasteiger partial charge in [0.25, 0.3) is 17.5 Å². The highest BCUT2D eigenvalue weighted by molar-refractivity contribution is 6.01. The number of ether oxygens (including phenoxy) is 2. The van der Waals surface area contributed by atoms with E-state index in [0.29, 0.717) is 10.6 Å². The number of hydroxylamine groups is 2. The van der Waals surface area contributed by atoms with Crippen molar-refractivity contribution in [3.63, 3.8) is 0 Å². The fraction of sp³-hybridized carbons (Fsp3) is 0.500. The molecule has 0 radical (unpaired) electrons. The highest BCUT2D eigenvalue weighted by Gasteiger charge is 2.32. The summed E-state index contributed by atoms with van der Waals surface area (Å²) in [5.41, 5.74) is 0.511. The Morgan fingerprint density at radius 2 is 1.70 bits per heavy atom. The Labute approximate surface area is 188 Å². The van der Waals surface area contributed by atoms with Gasteiger partial charge in [-0.15, -0.1) is 5.06 Å². The predicted molar refractivity (Wildman–Crippen MR) is 109 cm³/mol. The number of aliphatic hydroxyl groups excluding tert-OH is 1. The number of imide groups is 1. The third-order valence-electron chi connectivity index (χ3n) is 4.50. The van der Waals surface area contributed by atoms with E-state index in [1.807, 2.05) is 0 Å². The van der Waals surface area contributed by atoms with Crippen molar-refractivity contribution < 1.29 is 43.5 Å². The Kier molecular flexibility index (Phi) is 10.3. The molecule has 1 aromatic rings. The third kappa shape index (κ3) is 8.56. The largest absolute Gasteiger partial charge is 0.391 e. The van der Waals surface area contributed by atoms with Crippen LogP contribution in [0, 0.1) is 10.1 Å². The van der Waals surface area contributed by atoms with Crippen LogP contribution in [0.3, 0.4) is 0 Å². The molecule has 2 rings (SSSR count). The van der Waals surface area contributed by atoms with Gasteiger partial charge in [-0.05, 0) is 11.6 Å². The molecule has 33 heavy (non-hydrogen) atoms. The Morgan fingerprint density at radius 3 is 2.30 bits per heavy atom. The van der Waals surface area contributed by atoms with Crippen LogP contribution in [0.4, 0.5) is 5.69 Å². The average molecular weight is 467 g/mol. The number of rotatable bonds is 14. The lowest BCUT2D eigenvalue weighted by molar-refractivity contribution is -0.385. The molecule has 2 N–H and O–H groups in total. The highest BCUT2D eigenvalue weighted by atomic mass is 16.7. The highest BCUT2D eigenvalue weighted by Crippen LogP contribution is 2.20. The van der Waals surface area contributed by atoms with Gasteiger partial charge < -0.3 is 24.7 Å². The molecule has 3 amide bonds. The Hall–Kier alpha value is -3.42. The fourth-order valence-corrected chi connectivity index (χ4v) is 2.76. The van der Waals surface area contributed by atoms with Gasteiger partial charge in [-0.25, -0.2) is 4.79 Å². The van der Waals surface area contributed by atoms with Gasteiger partial charge in [0.2, 0.25) is 5.91 Å². The molecule has 0 aromatic heterocycles. The van der Waals surface area contributed by atoms with Crippen LogP contribution in [-0.4, -0.2) is 65.2 Å². The number of nitrogens with one attached hydrogen (secondary N) is 1. The van der Waals surface area contributed by atoms with Gasteiger partial charge in [0.05, 0.1) is 49.9 Å². The van der Waals surface area contributed by atoms with E-state index >= 15 is 0 Å². The monoisotopic (exact) mass is 467 g/mol. The van der Waals surface area contributed by atoms with Crippen LogP contribution in [0.2, 0.25) is 0 Å². The maximum Gasteiger partial charge on any atom is 0.335 e. The number of carbonyl (C=O) groups is 4. The van der Waals surface area contributed by atoms with Crippen LogP contribution in [0.15, 0.2) is 18.2 Å². The zero-order chi connectivity index (χ0) is 24.2. The predicted octanol–water partition coefficient (Wildman–Crippen LogP) is 0.124. The Morgan fingerprint density at radius 1 is 1.06 bits per heavy atom. The number of nitro benzene ring substituents is 1. The summed E-state index contributed by atoms with van der Waals surface area (Å²) in [5, 5.41) is 23.2. The van der Waals surface area contributed by atoms with Gasteiger partial charge in [-0.2, -0.15) is 0 Å². The Balaban J connectivity index is 1.51. The molecule has 180 valence electrons. The minimum Gasteiger partial charge on any atom is -0.391 e. The maximum atomic E-state index is 11.9. The number of amides is 3. The van der Waals surface area contributed by atoms with Crippen LogP contribution in [0.5, 0.6) is 0 Å². The first-order valence-corrected chi connectivity index (χ1v) is 10.2. The lowest BCUT2D eigenvalue weighted by atomic mass is 10.1. The molecule has 1 aliphatic heterocycles. The van der Waals surface area contributed by atoms with Crippen molar-refractivity contribution in [1.82, 2.24) is 10.4 Å². The standard InChI is InChI=1S/C20H25N3O10/c24-13-15-2-1-14(11-16(15)23(29)30)12-21-17(25)5-7-31-9-10-32-8-6-20(28)33-22-18(26)3-4-19(22)27/h1-2,11,24H,3-10,12-13H2,(H,21,25). The van der Waals surface area contributed by atoms with E-state index in [0.717, 1.165) is 0 Å². The molecule has 1 heterocycles. The summed E-state index contributed by atoms with van der Waals surface area (Å²) < 4.78 is 10.5. The zero-order valence-corrected chi connectivity index (χ0v) is 17.8. The maximum absolute atomic E-state index is 11.9. The topological polar surface area (TPSA) is 175 Å². The summed E-state index contributed by atoms with van der Waals surface area (Å²) in [7, 11) is 0. The summed E-state index contributed by atoms with van der Waals surface area (Å²) in [6, 6.07) is 4.33. The minimum absolute atomic E-state index is 0.0140. The van der Waals surface area contributed by atoms with Crippen LogP contribution < -0.4 is 5.32 Å². The summed E-state index contributed by atoms with van der Waals surface area (Å²) in [6.45, 7) is 0.131. The van der Waals surface area contributed by atoms with Crippen molar-refractivity contribution in [3.05, 3.63) is 39.4 Å². The Bertz CT molecular complexity index is 873. The summed E-state index contributed by atoms with van der Waals surface area (Å²) in [6.07, 6.45) is -0.0194. The van der Waals surface area contributed by atoms with Crippen LogP contribution in [0.25, 0.3) is 0 Å². The summed E-state index contributed by atoms with van der Waals surface area (Å²) in [5.74, 6) is -2.16. The second-order valence-electron chi connectivity index (χ2n) is 6.92. The average Bonchev–Trinajstić information content (AvgIpc) is 3.11. The van der Waals surface area contributed by atoms with Gasteiger partial charge in [-0.3, -0.25) is 24.5 Å². The molecular formula is C20H25N3O10. The normalized spacial score (nSPS) is 13.3. The molecule has 0 unspecified atom stereocenters. The molecule has 0 atom stereocenters. The van der Waals surface area contributed by atoms with E-state index in [2.05, 4.69) is 10.2 Å². The zero-order valence-electron chi connectivity index (χ0n) is 17.8. The van der Waals surface area contributed by atoms with Gasteiger partial charge in [-0.1, -0.05) is 6.07 Å². The van der Waals surface area contributed by atoms with Gasteiger partial charge in [0.1, 0.15) is 0 Å². The second-order valence-corrected chi connectivity index (χ2v) is 6.92. The van der Waals surface area contributed by atoms with Gasteiger partial charge in [0, 0.05) is 31.9 Å². The summed E-state index contributed by atoms with van der Waals surface area (Å²) >= 11 is 0. The van der Waals surface area contributed by atoms with Crippen LogP contribution in [-0.2, 0) is 46.6 Å². The molecule has 1 aliphatic rings. The number of nitrogens with zero attached hydrogens (tertiary/aromatic N) is 2. The quantitative estimate of drug-likeness (QED) is 0.165. The molecule has 0 aliphatic carbocycles. The van der Waals surface area contributed by atoms with Crippen molar-refractivity contribution in [3.8, 4) is 0 Å². The molecule has 1 aromatic carbocycles. The lowest BCUT2D eigenvalue weighted by Gasteiger charge is -2.12. The van der Waals surface area contributed by atoms with Crippen molar-refractivity contribution >= 4 is 29.4 Å². The van der Waals surface area contributed by atoms with Crippen molar-refractivity contribution in [2.45, 2.75) is 38.8 Å². The van der Waals surface area contributed by atoms with E-state index in [9.17, 15) is 29.3 Å². The lowest BCUT2D eigenvalue weighted by Crippen LogP contribution is -2.32. The number of carbonyl (C=O) groups excluding carboxylic acids is 4. The molecule has 0 bridgehead atoms. The van der Waals surface area contributed by atoms with Crippen molar-refractivity contribution in [2.24, 2.45) is 0 Å². The molecular weight excluding hydrogens is 442 g/mol. The first kappa shape index (κ1) is 25.8. The molecule has 0 spiro atoms. The van der Waals surface area contributed by atoms with Crippen LogP contribution in [0.1, 0.15) is 36.8 Å². The molecule has 13 heteroatoms. The first-order valence-electron chi connectivity index (χ1n) is 10.2. The number of benzene rings is 1. The van der Waals surface area contributed by atoms with Gasteiger partial charge >= 0.3 is 5.97 Å². The number of hydrogen-bond donors (Lipinski definition) is 2. The molecule has 13 nitrogen and oxygen atoms in total. The molecule has 0 saturated carbocycles. The second kappa shape index (κ2) is 13.2. The van der Waals surface area contributed by atoms with E-state index < -0.39 is 29.3 Å². The van der Waals surface area contributed by atoms with E-state index in [4.69, 9.17) is 14.6 Å². The van der Waals surface area contributed by atoms with E-state index in [1.54, 1.807) is 6.07 Å². The van der Waals surface area contributed by atoms with E-state index in [1.165, 1.54) is 12.1 Å². The van der Waals surface area contributed by atoms with Gasteiger partial charge in [0.15, 0.2) is 0 Å². The molecule has 1 saturated heterocycles. The number of nitro groups is 1. The summed E-state index contributed by atoms with van der Waals surface area (Å²) in [4.78, 5) is 61.2. The smallest absolute Gasteiger partial charge is 0.335 e. The van der Waals surface area contributed by atoms with Crippen molar-refractivity contribution in [2.75, 3.05) is 26.4 Å². The fourth-order valence-electron chi connectivity index (χ4n) is 2.76.